The van der Waals surface area contributed by atoms with Crippen LogP contribution in [0.5, 0.6) is 5.75 Å². The molecule has 1 aliphatic heterocycles. The van der Waals surface area contributed by atoms with Crippen molar-refractivity contribution in [2.45, 2.75) is 39.2 Å². The monoisotopic (exact) mass is 301 g/mol. The average Bonchev–Trinajstić information content (AvgIpc) is 2.97. The van der Waals surface area contributed by atoms with Crippen molar-refractivity contribution in [2.75, 3.05) is 19.7 Å². The lowest BCUT2D eigenvalue weighted by Gasteiger charge is -2.30. The van der Waals surface area contributed by atoms with Crippen molar-refractivity contribution in [3.05, 3.63) is 41.5 Å². The van der Waals surface area contributed by atoms with E-state index in [1.165, 1.54) is 12.0 Å². The maximum absolute atomic E-state index is 5.49. The molecule has 0 aliphatic carbocycles. The third-order valence-electron chi connectivity index (χ3n) is 4.04. The highest BCUT2D eigenvalue weighted by Gasteiger charge is 2.25. The van der Waals surface area contributed by atoms with Gasteiger partial charge in [0.15, 0.2) is 5.82 Å². The predicted molar refractivity (Wildman–Crippen MR) is 83.9 cm³/mol. The van der Waals surface area contributed by atoms with E-state index >= 15 is 0 Å². The fraction of sp³-hybridized carbons (Fsp3) is 0.529. The van der Waals surface area contributed by atoms with Crippen molar-refractivity contribution in [2.24, 2.45) is 0 Å². The highest BCUT2D eigenvalue weighted by Crippen LogP contribution is 2.26. The first-order chi connectivity index (χ1) is 10.7. The van der Waals surface area contributed by atoms with Crippen LogP contribution in [-0.4, -0.2) is 34.7 Å². The zero-order valence-corrected chi connectivity index (χ0v) is 13.3. The van der Waals surface area contributed by atoms with Gasteiger partial charge in [-0.3, -0.25) is 4.90 Å². The summed E-state index contributed by atoms with van der Waals surface area (Å²) in [5.74, 6) is 2.80. The zero-order valence-electron chi connectivity index (χ0n) is 13.3. The molecule has 0 bridgehead atoms. The molecule has 1 aromatic heterocycles. The summed E-state index contributed by atoms with van der Waals surface area (Å²) in [6.07, 6.45) is 2.30. The van der Waals surface area contributed by atoms with Gasteiger partial charge in [0.1, 0.15) is 5.75 Å². The van der Waals surface area contributed by atoms with Crippen LogP contribution in [-0.2, 0) is 6.54 Å². The molecule has 0 amide bonds. The largest absolute Gasteiger partial charge is 0.494 e. The number of rotatable bonds is 5. The minimum absolute atomic E-state index is 0.359. The summed E-state index contributed by atoms with van der Waals surface area (Å²) in [7, 11) is 0. The molecule has 22 heavy (non-hydrogen) atoms. The maximum Gasteiger partial charge on any atom is 0.231 e. The van der Waals surface area contributed by atoms with Crippen LogP contribution >= 0.6 is 0 Å². The number of benzene rings is 1. The SMILES string of the molecule is CCOc1ccc(CN2CCCC(c3nc(C)no3)C2)cc1. The Hall–Kier alpha value is -1.88. The van der Waals surface area contributed by atoms with Crippen LogP contribution in [0.25, 0.3) is 0 Å². The highest BCUT2D eigenvalue weighted by atomic mass is 16.5. The van der Waals surface area contributed by atoms with Crippen molar-refractivity contribution < 1.29 is 9.26 Å². The van der Waals surface area contributed by atoms with Crippen molar-refractivity contribution in [3.63, 3.8) is 0 Å². The fourth-order valence-electron chi connectivity index (χ4n) is 3.00. The molecule has 118 valence electrons. The summed E-state index contributed by atoms with van der Waals surface area (Å²) in [6.45, 7) is 7.63. The molecular weight excluding hydrogens is 278 g/mol. The summed E-state index contributed by atoms with van der Waals surface area (Å²) in [4.78, 5) is 6.85. The van der Waals surface area contributed by atoms with E-state index in [0.29, 0.717) is 12.5 Å². The Morgan fingerprint density at radius 2 is 2.14 bits per heavy atom. The summed E-state index contributed by atoms with van der Waals surface area (Å²) < 4.78 is 10.8. The summed E-state index contributed by atoms with van der Waals surface area (Å²) in [6, 6.07) is 8.38. The quantitative estimate of drug-likeness (QED) is 0.849. The van der Waals surface area contributed by atoms with Crippen LogP contribution in [0.4, 0.5) is 0 Å². The molecule has 3 rings (SSSR count). The van der Waals surface area contributed by atoms with Crippen LogP contribution in [0, 0.1) is 6.92 Å². The predicted octanol–water partition coefficient (Wildman–Crippen LogP) is 3.16. The maximum atomic E-state index is 5.49. The second-order valence-corrected chi connectivity index (χ2v) is 5.83. The molecule has 5 heteroatoms. The number of ether oxygens (including phenoxy) is 1. The van der Waals surface area contributed by atoms with E-state index in [1.807, 2.05) is 26.0 Å². The van der Waals surface area contributed by atoms with Gasteiger partial charge in [0.25, 0.3) is 0 Å². The number of piperidine rings is 1. The van der Waals surface area contributed by atoms with Gasteiger partial charge in [0, 0.05) is 13.1 Å². The second kappa shape index (κ2) is 6.92. The van der Waals surface area contributed by atoms with Gasteiger partial charge in [0.05, 0.1) is 12.5 Å². The summed E-state index contributed by atoms with van der Waals surface area (Å²) >= 11 is 0. The Bertz CT molecular complexity index is 594. The molecule has 1 atom stereocenters. The molecule has 5 nitrogen and oxygen atoms in total. The van der Waals surface area contributed by atoms with E-state index in [1.54, 1.807) is 0 Å². The van der Waals surface area contributed by atoms with Gasteiger partial charge >= 0.3 is 0 Å². The van der Waals surface area contributed by atoms with Crippen molar-refractivity contribution in [1.29, 1.82) is 0 Å². The lowest BCUT2D eigenvalue weighted by molar-refractivity contribution is 0.180. The summed E-state index contributed by atoms with van der Waals surface area (Å²) in [5, 5.41) is 3.91. The third kappa shape index (κ3) is 3.65. The molecule has 0 saturated carbocycles. The Morgan fingerprint density at radius 3 is 2.82 bits per heavy atom. The van der Waals surface area contributed by atoms with Gasteiger partial charge in [-0.25, -0.2) is 0 Å². The topological polar surface area (TPSA) is 51.4 Å². The molecule has 1 aromatic carbocycles. The van der Waals surface area contributed by atoms with Crippen LogP contribution < -0.4 is 4.74 Å². The molecule has 2 heterocycles. The zero-order chi connectivity index (χ0) is 15.4. The molecule has 1 aliphatic rings. The second-order valence-electron chi connectivity index (χ2n) is 5.83. The van der Waals surface area contributed by atoms with Crippen molar-refractivity contribution in [3.8, 4) is 5.75 Å². The number of hydrogen-bond donors (Lipinski definition) is 0. The Labute approximate surface area is 131 Å². The smallest absolute Gasteiger partial charge is 0.231 e. The standard InChI is InChI=1S/C17H23N3O2/c1-3-21-16-8-6-14(7-9-16)11-20-10-4-5-15(12-20)17-18-13(2)19-22-17/h6-9,15H,3-5,10-12H2,1-2H3. The molecule has 0 radical (unpaired) electrons. The molecular formula is C17H23N3O2. The lowest BCUT2D eigenvalue weighted by Crippen LogP contribution is -2.34. The van der Waals surface area contributed by atoms with Gasteiger partial charge in [-0.1, -0.05) is 17.3 Å². The van der Waals surface area contributed by atoms with Gasteiger partial charge in [-0.05, 0) is 50.9 Å². The molecule has 0 N–H and O–H groups in total. The van der Waals surface area contributed by atoms with Crippen molar-refractivity contribution in [1.82, 2.24) is 15.0 Å². The number of nitrogens with zero attached hydrogens (tertiary/aromatic N) is 3. The minimum atomic E-state index is 0.359. The Morgan fingerprint density at radius 1 is 1.32 bits per heavy atom. The number of aryl methyl sites for hydroxylation is 1. The van der Waals surface area contributed by atoms with Crippen LogP contribution in [0.2, 0.25) is 0 Å². The van der Waals surface area contributed by atoms with E-state index in [9.17, 15) is 0 Å². The third-order valence-corrected chi connectivity index (χ3v) is 4.04. The fourth-order valence-corrected chi connectivity index (χ4v) is 3.00. The lowest BCUT2D eigenvalue weighted by atomic mass is 9.97. The average molecular weight is 301 g/mol. The Balaban J connectivity index is 1.60. The first-order valence-corrected chi connectivity index (χ1v) is 7.99. The van der Waals surface area contributed by atoms with Gasteiger partial charge in [-0.2, -0.15) is 4.98 Å². The van der Waals surface area contributed by atoms with Gasteiger partial charge < -0.3 is 9.26 Å². The first kappa shape index (κ1) is 15.0. The summed E-state index contributed by atoms with van der Waals surface area (Å²) in [5.41, 5.74) is 1.31. The highest BCUT2D eigenvalue weighted by molar-refractivity contribution is 5.27. The van der Waals surface area contributed by atoms with Crippen LogP contribution in [0.15, 0.2) is 28.8 Å². The van der Waals surface area contributed by atoms with Crippen LogP contribution in [0.1, 0.15) is 43.0 Å². The number of likely N-dealkylation sites (tertiary alicyclic amines) is 1. The van der Waals surface area contributed by atoms with Crippen LogP contribution in [0.3, 0.4) is 0 Å². The van der Waals surface area contributed by atoms with Gasteiger partial charge in [0.2, 0.25) is 5.89 Å². The van der Waals surface area contributed by atoms with E-state index in [2.05, 4.69) is 27.2 Å². The van der Waals surface area contributed by atoms with E-state index in [4.69, 9.17) is 9.26 Å². The van der Waals surface area contributed by atoms with Gasteiger partial charge in [-0.15, -0.1) is 0 Å². The first-order valence-electron chi connectivity index (χ1n) is 7.99. The molecule has 1 unspecified atom stereocenters. The van der Waals surface area contributed by atoms with Crippen molar-refractivity contribution >= 4 is 0 Å². The molecule has 1 fully saturated rings. The van der Waals surface area contributed by atoms with E-state index in [0.717, 1.165) is 43.5 Å². The number of aromatic nitrogens is 2. The van der Waals surface area contributed by atoms with E-state index < -0.39 is 0 Å². The Kier molecular flexibility index (Phi) is 4.73. The van der Waals surface area contributed by atoms with E-state index in [-0.39, 0.29) is 0 Å². The minimum Gasteiger partial charge on any atom is -0.494 e. The molecule has 1 saturated heterocycles. The number of hydrogen-bond acceptors (Lipinski definition) is 5. The molecule has 0 spiro atoms. The molecule has 2 aromatic rings. The normalized spacial score (nSPS) is 19.3.